The van der Waals surface area contributed by atoms with Crippen molar-refractivity contribution < 1.29 is 0 Å². The molecule has 0 unspecified atom stereocenters. The van der Waals surface area contributed by atoms with Crippen LogP contribution in [0.4, 0.5) is 0 Å². The van der Waals surface area contributed by atoms with Gasteiger partial charge in [-0.05, 0) is 12.1 Å². The fourth-order valence-electron chi connectivity index (χ4n) is 1.44. The number of nitrogens with two attached hydrogens (primary N) is 1. The second kappa shape index (κ2) is 6.30. The maximum atomic E-state index is 12.2. The molecule has 0 amide bonds. The molecule has 0 saturated heterocycles. The van der Waals surface area contributed by atoms with Gasteiger partial charge in [-0.3, -0.25) is 4.79 Å². The molecular weight excluding hydrogens is 319 g/mol. The van der Waals surface area contributed by atoms with E-state index in [9.17, 15) is 4.79 Å². The highest BCUT2D eigenvalue weighted by atomic mass is 35.5. The topological polar surface area (TPSA) is 73.8 Å². The molecule has 2 rings (SSSR count). The lowest BCUT2D eigenvalue weighted by Gasteiger charge is -2.07. The van der Waals surface area contributed by atoms with Crippen LogP contribution in [0.15, 0.2) is 40.8 Å². The van der Waals surface area contributed by atoms with Crippen LogP contribution < -0.4 is 11.4 Å². The molecule has 5 nitrogen and oxygen atoms in total. The lowest BCUT2D eigenvalue weighted by Crippen LogP contribution is -2.32. The summed E-state index contributed by atoms with van der Waals surface area (Å²) in [5.74, 6) is 6.30. The predicted octanol–water partition coefficient (Wildman–Crippen LogP) is 2.60. The van der Waals surface area contributed by atoms with Crippen molar-refractivity contribution in [1.29, 1.82) is 0 Å². The summed E-state index contributed by atoms with van der Waals surface area (Å²) in [4.78, 5) is 12.2. The Bertz CT molecular complexity index is 717. The average Bonchev–Trinajstić information content (AvgIpc) is 2.44. The highest BCUT2D eigenvalue weighted by molar-refractivity contribution is 7.99. The van der Waals surface area contributed by atoms with E-state index >= 15 is 0 Å². The van der Waals surface area contributed by atoms with Crippen LogP contribution in [0.2, 0.25) is 10.0 Å². The van der Waals surface area contributed by atoms with Gasteiger partial charge in [0.2, 0.25) is 5.16 Å². The minimum absolute atomic E-state index is 0.119. The van der Waals surface area contributed by atoms with Gasteiger partial charge in [-0.2, -0.15) is 4.68 Å². The summed E-state index contributed by atoms with van der Waals surface area (Å²) in [7, 11) is 0. The highest BCUT2D eigenvalue weighted by Gasteiger charge is 2.13. The zero-order valence-corrected chi connectivity index (χ0v) is 12.5. The largest absolute Gasteiger partial charge is 0.334 e. The van der Waals surface area contributed by atoms with E-state index in [1.54, 1.807) is 24.3 Å². The zero-order valence-electron chi connectivity index (χ0n) is 10.2. The van der Waals surface area contributed by atoms with Crippen LogP contribution in [0, 0.1) is 0 Å². The van der Waals surface area contributed by atoms with Gasteiger partial charge in [0.05, 0.1) is 10.0 Å². The van der Waals surface area contributed by atoms with E-state index < -0.39 is 5.56 Å². The van der Waals surface area contributed by atoms with Crippen LogP contribution >= 0.6 is 35.0 Å². The second-order valence-corrected chi connectivity index (χ2v) is 5.54. The summed E-state index contributed by atoms with van der Waals surface area (Å²) in [6.07, 6.45) is 1.68. The first-order valence-electron chi connectivity index (χ1n) is 5.48. The van der Waals surface area contributed by atoms with Gasteiger partial charge in [-0.15, -0.1) is 16.8 Å². The van der Waals surface area contributed by atoms with Gasteiger partial charge in [0.25, 0.3) is 5.56 Å². The van der Waals surface area contributed by atoms with Crippen molar-refractivity contribution in [1.82, 2.24) is 14.9 Å². The fourth-order valence-corrected chi connectivity index (χ4v) is 2.33. The molecule has 0 bridgehead atoms. The normalized spacial score (nSPS) is 10.5. The molecule has 2 N–H and O–H groups in total. The Balaban J connectivity index is 2.48. The van der Waals surface area contributed by atoms with E-state index in [-0.39, 0.29) is 5.69 Å². The molecule has 0 aliphatic heterocycles. The minimum atomic E-state index is -0.454. The van der Waals surface area contributed by atoms with Crippen molar-refractivity contribution in [2.45, 2.75) is 5.16 Å². The van der Waals surface area contributed by atoms with Crippen molar-refractivity contribution in [3.63, 3.8) is 0 Å². The predicted molar refractivity (Wildman–Crippen MR) is 82.8 cm³/mol. The number of nitrogen functional groups attached to an aromatic ring is 1. The molecule has 0 saturated carbocycles. The highest BCUT2D eigenvalue weighted by Crippen LogP contribution is 2.26. The zero-order chi connectivity index (χ0) is 14.7. The molecule has 0 atom stereocenters. The first-order valence-corrected chi connectivity index (χ1v) is 7.22. The standard InChI is InChI=1S/C12H10Cl2N4OS/c1-2-5-20-12-17-16-10(11(19)18(12)15)7-3-4-8(13)9(14)6-7/h2-4,6H,1,5,15H2. The lowest BCUT2D eigenvalue weighted by atomic mass is 10.2. The van der Waals surface area contributed by atoms with E-state index in [0.717, 1.165) is 4.68 Å². The van der Waals surface area contributed by atoms with Gasteiger partial charge in [0.15, 0.2) is 5.69 Å². The number of aromatic nitrogens is 3. The number of thioether (sulfide) groups is 1. The molecule has 0 aliphatic carbocycles. The molecule has 0 fully saturated rings. The monoisotopic (exact) mass is 328 g/mol. The van der Waals surface area contributed by atoms with Crippen LogP contribution in [0.1, 0.15) is 0 Å². The van der Waals surface area contributed by atoms with Crippen LogP contribution in [-0.4, -0.2) is 20.6 Å². The number of hydrogen-bond donors (Lipinski definition) is 1. The van der Waals surface area contributed by atoms with Crippen molar-refractivity contribution in [2.24, 2.45) is 0 Å². The molecule has 2 aromatic rings. The van der Waals surface area contributed by atoms with Crippen LogP contribution in [0.25, 0.3) is 11.3 Å². The Hall–Kier alpha value is -1.50. The molecule has 0 aliphatic rings. The molecule has 104 valence electrons. The molecule has 20 heavy (non-hydrogen) atoms. The molecule has 8 heteroatoms. The number of hydrogen-bond acceptors (Lipinski definition) is 5. The maximum Gasteiger partial charge on any atom is 0.299 e. The van der Waals surface area contributed by atoms with Gasteiger partial charge >= 0.3 is 0 Å². The van der Waals surface area contributed by atoms with E-state index in [2.05, 4.69) is 16.8 Å². The second-order valence-electron chi connectivity index (χ2n) is 3.73. The average molecular weight is 329 g/mol. The first kappa shape index (κ1) is 14.9. The Morgan fingerprint density at radius 1 is 1.35 bits per heavy atom. The number of benzene rings is 1. The fraction of sp³-hybridized carbons (Fsp3) is 0.0833. The molecule has 0 spiro atoms. The molecule has 1 aromatic carbocycles. The van der Waals surface area contributed by atoms with E-state index in [1.165, 1.54) is 11.8 Å². The minimum Gasteiger partial charge on any atom is -0.334 e. The van der Waals surface area contributed by atoms with E-state index in [0.29, 0.717) is 26.5 Å². The third kappa shape index (κ3) is 2.98. The van der Waals surface area contributed by atoms with Crippen molar-refractivity contribution in [3.8, 4) is 11.3 Å². The third-order valence-corrected chi connectivity index (χ3v) is 4.06. The lowest BCUT2D eigenvalue weighted by molar-refractivity contribution is 0.705. The first-order chi connectivity index (χ1) is 9.54. The van der Waals surface area contributed by atoms with Gasteiger partial charge in [-0.25, -0.2) is 0 Å². The summed E-state index contributed by atoms with van der Waals surface area (Å²) in [6, 6.07) is 4.77. The van der Waals surface area contributed by atoms with Crippen LogP contribution in [-0.2, 0) is 0 Å². The Morgan fingerprint density at radius 2 is 2.10 bits per heavy atom. The van der Waals surface area contributed by atoms with E-state index in [4.69, 9.17) is 29.0 Å². The van der Waals surface area contributed by atoms with Crippen LogP contribution in [0.5, 0.6) is 0 Å². The number of nitrogens with zero attached hydrogens (tertiary/aromatic N) is 3. The SMILES string of the molecule is C=CCSc1nnc(-c2ccc(Cl)c(Cl)c2)c(=O)n1N. The van der Waals surface area contributed by atoms with Gasteiger partial charge in [-0.1, -0.05) is 47.1 Å². The quantitative estimate of drug-likeness (QED) is 0.530. The van der Waals surface area contributed by atoms with Crippen molar-refractivity contribution >= 4 is 35.0 Å². The van der Waals surface area contributed by atoms with Crippen molar-refractivity contribution in [2.75, 3.05) is 11.6 Å². The van der Waals surface area contributed by atoms with Gasteiger partial charge in [0.1, 0.15) is 0 Å². The van der Waals surface area contributed by atoms with Crippen LogP contribution in [0.3, 0.4) is 0 Å². The maximum absolute atomic E-state index is 12.2. The molecular formula is C12H10Cl2N4OS. The van der Waals surface area contributed by atoms with Gasteiger partial charge in [0, 0.05) is 11.3 Å². The third-order valence-electron chi connectivity index (χ3n) is 2.39. The van der Waals surface area contributed by atoms with Crippen molar-refractivity contribution in [3.05, 3.63) is 51.3 Å². The number of rotatable bonds is 4. The molecule has 1 heterocycles. The summed E-state index contributed by atoms with van der Waals surface area (Å²) in [5, 5.41) is 8.89. The molecule has 0 radical (unpaired) electrons. The summed E-state index contributed by atoms with van der Waals surface area (Å²) in [5.41, 5.74) is 0.176. The molecule has 1 aromatic heterocycles. The Labute approximate surface area is 129 Å². The summed E-state index contributed by atoms with van der Waals surface area (Å²) < 4.78 is 0.957. The number of halogens is 2. The summed E-state index contributed by atoms with van der Waals surface area (Å²) in [6.45, 7) is 3.59. The smallest absolute Gasteiger partial charge is 0.299 e. The van der Waals surface area contributed by atoms with E-state index in [1.807, 2.05) is 0 Å². The Morgan fingerprint density at radius 3 is 2.75 bits per heavy atom. The Kier molecular flexibility index (Phi) is 4.69. The summed E-state index contributed by atoms with van der Waals surface area (Å²) >= 11 is 13.0. The van der Waals surface area contributed by atoms with Gasteiger partial charge < -0.3 is 5.84 Å².